The number of aromatic nitrogens is 1. The molecule has 0 fully saturated rings. The lowest BCUT2D eigenvalue weighted by Crippen LogP contribution is -2.38. The molecule has 0 aliphatic carbocycles. The Hall–Kier alpha value is -1.85. The number of nitrogens with zero attached hydrogens (tertiary/aromatic N) is 1. The summed E-state index contributed by atoms with van der Waals surface area (Å²) in [5.74, 6) is -1.64. The molecule has 0 saturated heterocycles. The van der Waals surface area contributed by atoms with Crippen LogP contribution in [0.3, 0.4) is 0 Å². The first kappa shape index (κ1) is 10.2. The monoisotopic (exact) mass is 198 g/mol. The number of amides is 1. The van der Waals surface area contributed by atoms with Gasteiger partial charge in [-0.1, -0.05) is 5.16 Å². The van der Waals surface area contributed by atoms with Crippen LogP contribution in [0, 0.1) is 6.92 Å². The molecule has 0 aliphatic rings. The van der Waals surface area contributed by atoms with E-state index in [0.29, 0.717) is 5.56 Å². The summed E-state index contributed by atoms with van der Waals surface area (Å²) in [6.07, 6.45) is 1.39. The van der Waals surface area contributed by atoms with Crippen LogP contribution in [-0.4, -0.2) is 28.2 Å². The molecule has 1 atom stereocenters. The van der Waals surface area contributed by atoms with Crippen LogP contribution in [0.15, 0.2) is 10.7 Å². The Kier molecular flexibility index (Phi) is 2.85. The van der Waals surface area contributed by atoms with Crippen LogP contribution in [-0.2, 0) is 4.79 Å². The van der Waals surface area contributed by atoms with Crippen molar-refractivity contribution in [1.29, 1.82) is 0 Å². The maximum absolute atomic E-state index is 11.3. The molecule has 0 aliphatic heterocycles. The zero-order chi connectivity index (χ0) is 10.7. The SMILES string of the molecule is Cc1cnoc1C(=O)N[C@@H](C)C(=O)O. The highest BCUT2D eigenvalue weighted by Gasteiger charge is 2.19. The van der Waals surface area contributed by atoms with Crippen molar-refractivity contribution in [3.63, 3.8) is 0 Å². The number of hydrogen-bond acceptors (Lipinski definition) is 4. The van der Waals surface area contributed by atoms with Crippen LogP contribution >= 0.6 is 0 Å². The Morgan fingerprint density at radius 3 is 2.71 bits per heavy atom. The smallest absolute Gasteiger partial charge is 0.325 e. The molecule has 0 spiro atoms. The molecule has 0 bridgehead atoms. The molecule has 1 aromatic heterocycles. The van der Waals surface area contributed by atoms with Crippen molar-refractivity contribution in [2.24, 2.45) is 0 Å². The van der Waals surface area contributed by atoms with Gasteiger partial charge in [0.15, 0.2) is 0 Å². The average molecular weight is 198 g/mol. The van der Waals surface area contributed by atoms with Crippen molar-refractivity contribution in [2.45, 2.75) is 19.9 Å². The molecular formula is C8H10N2O4. The second kappa shape index (κ2) is 3.91. The number of carbonyl (C=O) groups excluding carboxylic acids is 1. The highest BCUT2D eigenvalue weighted by atomic mass is 16.5. The first-order valence-electron chi connectivity index (χ1n) is 3.97. The van der Waals surface area contributed by atoms with E-state index in [0.717, 1.165) is 0 Å². The summed E-state index contributed by atoms with van der Waals surface area (Å²) in [5, 5.41) is 14.2. The van der Waals surface area contributed by atoms with Crippen molar-refractivity contribution >= 4 is 11.9 Å². The fourth-order valence-electron chi connectivity index (χ4n) is 0.833. The van der Waals surface area contributed by atoms with Gasteiger partial charge >= 0.3 is 5.97 Å². The van der Waals surface area contributed by atoms with Gasteiger partial charge in [0.05, 0.1) is 6.20 Å². The lowest BCUT2D eigenvalue weighted by molar-refractivity contribution is -0.138. The Balaban J connectivity index is 2.69. The molecule has 0 radical (unpaired) electrons. The largest absolute Gasteiger partial charge is 0.480 e. The molecule has 2 N–H and O–H groups in total. The molecule has 1 heterocycles. The lowest BCUT2D eigenvalue weighted by Gasteiger charge is -2.06. The van der Waals surface area contributed by atoms with Crippen LogP contribution in [0.4, 0.5) is 0 Å². The lowest BCUT2D eigenvalue weighted by atomic mass is 10.2. The van der Waals surface area contributed by atoms with Gasteiger partial charge in [-0.05, 0) is 13.8 Å². The van der Waals surface area contributed by atoms with Crippen LogP contribution < -0.4 is 5.32 Å². The molecule has 1 amide bonds. The minimum atomic E-state index is -1.10. The summed E-state index contributed by atoms with van der Waals surface area (Å²) in [4.78, 5) is 21.8. The third-order valence-corrected chi connectivity index (χ3v) is 1.67. The van der Waals surface area contributed by atoms with Gasteiger partial charge in [0.25, 0.3) is 5.91 Å². The van der Waals surface area contributed by atoms with E-state index in [-0.39, 0.29) is 5.76 Å². The first-order valence-corrected chi connectivity index (χ1v) is 3.97. The van der Waals surface area contributed by atoms with E-state index >= 15 is 0 Å². The molecule has 1 rings (SSSR count). The van der Waals surface area contributed by atoms with Gasteiger partial charge in [-0.3, -0.25) is 9.59 Å². The quantitative estimate of drug-likeness (QED) is 0.723. The third-order valence-electron chi connectivity index (χ3n) is 1.67. The Bertz CT molecular complexity index is 358. The fraction of sp³-hybridized carbons (Fsp3) is 0.375. The van der Waals surface area contributed by atoms with Gasteiger partial charge in [0.2, 0.25) is 5.76 Å². The van der Waals surface area contributed by atoms with E-state index in [9.17, 15) is 9.59 Å². The number of aryl methyl sites for hydroxylation is 1. The number of carbonyl (C=O) groups is 2. The van der Waals surface area contributed by atoms with Crippen LogP contribution in [0.5, 0.6) is 0 Å². The van der Waals surface area contributed by atoms with Gasteiger partial charge in [-0.2, -0.15) is 0 Å². The van der Waals surface area contributed by atoms with Crippen LogP contribution in [0.1, 0.15) is 23.0 Å². The minimum Gasteiger partial charge on any atom is -0.480 e. The highest BCUT2D eigenvalue weighted by molar-refractivity contribution is 5.95. The summed E-state index contributed by atoms with van der Waals surface area (Å²) >= 11 is 0. The molecule has 6 heteroatoms. The van der Waals surface area contributed by atoms with Gasteiger partial charge in [-0.25, -0.2) is 0 Å². The van der Waals surface area contributed by atoms with Crippen LogP contribution in [0.2, 0.25) is 0 Å². The topological polar surface area (TPSA) is 92.4 Å². The number of carboxylic acids is 1. The fourth-order valence-corrected chi connectivity index (χ4v) is 0.833. The third kappa shape index (κ3) is 2.09. The highest BCUT2D eigenvalue weighted by Crippen LogP contribution is 2.05. The van der Waals surface area contributed by atoms with Crippen molar-refractivity contribution in [3.05, 3.63) is 17.5 Å². The van der Waals surface area contributed by atoms with Crippen molar-refractivity contribution in [2.75, 3.05) is 0 Å². The number of nitrogens with one attached hydrogen (secondary N) is 1. The van der Waals surface area contributed by atoms with E-state index in [1.807, 2.05) is 0 Å². The number of carboxylic acid groups (broad SMARTS) is 1. The maximum atomic E-state index is 11.3. The second-order valence-corrected chi connectivity index (χ2v) is 2.87. The standard InChI is InChI=1S/C8H10N2O4/c1-4-3-9-14-6(4)7(11)10-5(2)8(12)13/h3,5H,1-2H3,(H,10,11)(H,12,13)/t5-/m0/s1. The molecule has 76 valence electrons. The summed E-state index contributed by atoms with van der Waals surface area (Å²) < 4.78 is 4.65. The number of aliphatic carboxylic acids is 1. The summed E-state index contributed by atoms with van der Waals surface area (Å²) in [5.41, 5.74) is 0.570. The van der Waals surface area contributed by atoms with E-state index in [2.05, 4.69) is 15.0 Å². The number of hydrogen-bond donors (Lipinski definition) is 2. The minimum absolute atomic E-state index is 0.0399. The van der Waals surface area contributed by atoms with Crippen LogP contribution in [0.25, 0.3) is 0 Å². The van der Waals surface area contributed by atoms with Crippen molar-refractivity contribution < 1.29 is 19.2 Å². The normalized spacial score (nSPS) is 12.1. The Labute approximate surface area is 79.9 Å². The van der Waals surface area contributed by atoms with Crippen molar-refractivity contribution in [1.82, 2.24) is 10.5 Å². The Morgan fingerprint density at radius 1 is 1.64 bits per heavy atom. The second-order valence-electron chi connectivity index (χ2n) is 2.87. The molecule has 6 nitrogen and oxygen atoms in total. The van der Waals surface area contributed by atoms with Gasteiger partial charge in [-0.15, -0.1) is 0 Å². The predicted octanol–water partition coefficient (Wildman–Crippen LogP) is 0.186. The van der Waals surface area contributed by atoms with Gasteiger partial charge < -0.3 is 14.9 Å². The van der Waals surface area contributed by atoms with Gasteiger partial charge in [0.1, 0.15) is 6.04 Å². The van der Waals surface area contributed by atoms with E-state index in [1.54, 1.807) is 6.92 Å². The molecule has 0 saturated carbocycles. The zero-order valence-electron chi connectivity index (χ0n) is 7.77. The molecule has 1 aromatic rings. The number of rotatable bonds is 3. The summed E-state index contributed by atoms with van der Waals surface area (Å²) in [6.45, 7) is 3.02. The molecule has 14 heavy (non-hydrogen) atoms. The molecule has 0 aromatic carbocycles. The van der Waals surface area contributed by atoms with Crippen molar-refractivity contribution in [3.8, 4) is 0 Å². The molecular weight excluding hydrogens is 188 g/mol. The maximum Gasteiger partial charge on any atom is 0.325 e. The van der Waals surface area contributed by atoms with E-state index < -0.39 is 17.9 Å². The Morgan fingerprint density at radius 2 is 2.29 bits per heavy atom. The molecule has 0 unspecified atom stereocenters. The first-order chi connectivity index (χ1) is 6.52. The average Bonchev–Trinajstić information content (AvgIpc) is 2.51. The zero-order valence-corrected chi connectivity index (χ0v) is 7.77. The van der Waals surface area contributed by atoms with Gasteiger partial charge in [0, 0.05) is 5.56 Å². The summed E-state index contributed by atoms with van der Waals surface area (Å²) in [7, 11) is 0. The summed E-state index contributed by atoms with van der Waals surface area (Å²) in [6, 6.07) is -0.952. The predicted molar refractivity (Wildman–Crippen MR) is 45.8 cm³/mol. The van der Waals surface area contributed by atoms with E-state index in [4.69, 9.17) is 5.11 Å². The van der Waals surface area contributed by atoms with E-state index in [1.165, 1.54) is 13.1 Å².